The normalized spacial score (nSPS) is 11.6. The number of esters is 1. The van der Waals surface area contributed by atoms with Crippen molar-refractivity contribution in [3.05, 3.63) is 12.2 Å². The third-order valence-corrected chi connectivity index (χ3v) is 5.05. The number of carbonyl (C=O) groups is 1. The van der Waals surface area contributed by atoms with Crippen molar-refractivity contribution in [2.24, 2.45) is 0 Å². The van der Waals surface area contributed by atoms with Crippen LogP contribution in [0.25, 0.3) is 0 Å². The second-order valence-corrected chi connectivity index (χ2v) is 9.23. The van der Waals surface area contributed by atoms with Crippen LogP contribution in [0, 0.1) is 0 Å². The number of unbranched alkanes of at least 4 members (excludes halogenated alkanes) is 14. The van der Waals surface area contributed by atoms with Crippen molar-refractivity contribution in [2.45, 2.75) is 103 Å². The van der Waals surface area contributed by atoms with Crippen molar-refractivity contribution in [2.75, 3.05) is 34.3 Å². The van der Waals surface area contributed by atoms with E-state index in [0.717, 1.165) is 17.3 Å². The molecule has 0 aromatic carbocycles. The maximum absolute atomic E-state index is 11.2. The summed E-state index contributed by atoms with van der Waals surface area (Å²) in [6, 6.07) is 0. The molecule has 0 amide bonds. The highest BCUT2D eigenvalue weighted by atomic mass is 16.5. The molecule has 3 heteroatoms. The van der Waals surface area contributed by atoms with Gasteiger partial charge in [-0.25, -0.2) is 4.79 Å². The zero-order valence-corrected chi connectivity index (χ0v) is 19.0. The van der Waals surface area contributed by atoms with Gasteiger partial charge in [-0.2, -0.15) is 0 Å². The van der Waals surface area contributed by atoms with Gasteiger partial charge in [0.05, 0.1) is 34.3 Å². The number of carbonyl (C=O) groups excluding carboxylic acids is 1. The zero-order valence-electron chi connectivity index (χ0n) is 19.0. The molecule has 0 aliphatic rings. The summed E-state index contributed by atoms with van der Waals surface area (Å²) >= 11 is 0. The Balaban J connectivity index is 3.11. The largest absolute Gasteiger partial charge is 0.462 e. The van der Waals surface area contributed by atoms with E-state index in [1.807, 2.05) is 0 Å². The molecule has 0 aliphatic heterocycles. The standard InChI is InChI=1S/C24H48NO2/c1-23(2)24(26)27-22-20-18-16-14-12-10-8-6-7-9-11-13-15-17-19-21-25(3,4)5/h1,6-22H2,2-5H3/q+1. The molecule has 27 heavy (non-hydrogen) atoms. The molecular formula is C24H48NO2+. The van der Waals surface area contributed by atoms with Gasteiger partial charge >= 0.3 is 5.97 Å². The Kier molecular flexibility index (Phi) is 16.7. The fourth-order valence-corrected chi connectivity index (χ4v) is 3.27. The highest BCUT2D eigenvalue weighted by Gasteiger charge is 2.05. The van der Waals surface area contributed by atoms with Crippen LogP contribution in [0.1, 0.15) is 103 Å². The lowest BCUT2D eigenvalue weighted by Gasteiger charge is -2.23. The monoisotopic (exact) mass is 382 g/mol. The van der Waals surface area contributed by atoms with Crippen LogP contribution in [0.2, 0.25) is 0 Å². The number of hydrogen-bond acceptors (Lipinski definition) is 2. The maximum Gasteiger partial charge on any atom is 0.333 e. The molecule has 0 fully saturated rings. The van der Waals surface area contributed by atoms with Gasteiger partial charge < -0.3 is 9.22 Å². The summed E-state index contributed by atoms with van der Waals surface area (Å²) in [5.41, 5.74) is 0.491. The highest BCUT2D eigenvalue weighted by molar-refractivity contribution is 5.86. The van der Waals surface area contributed by atoms with E-state index in [2.05, 4.69) is 27.7 Å². The molecule has 0 heterocycles. The third kappa shape index (κ3) is 21.3. The van der Waals surface area contributed by atoms with E-state index < -0.39 is 0 Å². The van der Waals surface area contributed by atoms with Crippen LogP contribution in [0.4, 0.5) is 0 Å². The maximum atomic E-state index is 11.2. The van der Waals surface area contributed by atoms with E-state index in [9.17, 15) is 4.79 Å². The molecule has 0 aliphatic carbocycles. The Morgan fingerprint density at radius 3 is 1.33 bits per heavy atom. The van der Waals surface area contributed by atoms with Gasteiger partial charge in [0.15, 0.2) is 0 Å². The Morgan fingerprint density at radius 2 is 1.00 bits per heavy atom. The molecule has 0 rings (SSSR count). The minimum Gasteiger partial charge on any atom is -0.462 e. The Bertz CT molecular complexity index is 371. The van der Waals surface area contributed by atoms with Crippen molar-refractivity contribution in [1.82, 2.24) is 0 Å². The van der Waals surface area contributed by atoms with E-state index in [-0.39, 0.29) is 5.97 Å². The van der Waals surface area contributed by atoms with Crippen molar-refractivity contribution >= 4 is 5.97 Å². The van der Waals surface area contributed by atoms with E-state index in [0.29, 0.717) is 12.2 Å². The summed E-state index contributed by atoms with van der Waals surface area (Å²) in [5.74, 6) is -0.255. The fourth-order valence-electron chi connectivity index (χ4n) is 3.27. The summed E-state index contributed by atoms with van der Waals surface area (Å²) in [6.07, 6.45) is 20.2. The average Bonchev–Trinajstić information content (AvgIpc) is 2.59. The van der Waals surface area contributed by atoms with E-state index >= 15 is 0 Å². The predicted molar refractivity (Wildman–Crippen MR) is 118 cm³/mol. The molecule has 0 saturated carbocycles. The summed E-state index contributed by atoms with van der Waals surface area (Å²) < 4.78 is 6.20. The van der Waals surface area contributed by atoms with Crippen LogP contribution in [0.15, 0.2) is 12.2 Å². The first-order valence-corrected chi connectivity index (χ1v) is 11.5. The second kappa shape index (κ2) is 17.3. The van der Waals surface area contributed by atoms with E-state index in [1.165, 1.54) is 90.0 Å². The first-order chi connectivity index (χ1) is 12.8. The molecule has 0 saturated heterocycles. The summed E-state index contributed by atoms with van der Waals surface area (Å²) in [6.45, 7) is 7.12. The van der Waals surface area contributed by atoms with Gasteiger partial charge in [-0.05, 0) is 26.2 Å². The molecule has 0 unspecified atom stereocenters. The molecule has 0 N–H and O–H groups in total. The fraction of sp³-hybridized carbons (Fsp3) is 0.875. The van der Waals surface area contributed by atoms with Crippen LogP contribution in [0.3, 0.4) is 0 Å². The van der Waals surface area contributed by atoms with E-state index in [4.69, 9.17) is 4.74 Å². The first kappa shape index (κ1) is 26.2. The SMILES string of the molecule is C=C(C)C(=O)OCCCCCCCCCCCCCCCCC[N+](C)(C)C. The van der Waals surface area contributed by atoms with Crippen LogP contribution in [-0.4, -0.2) is 44.7 Å². The quantitative estimate of drug-likeness (QED) is 0.108. The van der Waals surface area contributed by atoms with Gasteiger partial charge in [-0.1, -0.05) is 83.6 Å². The summed E-state index contributed by atoms with van der Waals surface area (Å²) in [7, 11) is 6.85. The molecule has 0 aromatic rings. The van der Waals surface area contributed by atoms with Crippen LogP contribution in [-0.2, 0) is 9.53 Å². The zero-order chi connectivity index (χ0) is 20.4. The summed E-state index contributed by atoms with van der Waals surface area (Å²) in [4.78, 5) is 11.2. The Morgan fingerprint density at radius 1 is 0.667 bits per heavy atom. The van der Waals surface area contributed by atoms with E-state index in [1.54, 1.807) is 6.92 Å². The number of nitrogens with zero attached hydrogens (tertiary/aromatic N) is 1. The number of quaternary nitrogens is 1. The second-order valence-electron chi connectivity index (χ2n) is 9.23. The Labute approximate surface area is 170 Å². The molecule has 160 valence electrons. The van der Waals surface area contributed by atoms with Gasteiger partial charge in [0, 0.05) is 5.57 Å². The molecule has 0 radical (unpaired) electrons. The number of rotatable bonds is 19. The predicted octanol–water partition coefficient (Wildman–Crippen LogP) is 6.66. The van der Waals surface area contributed by atoms with Crippen molar-refractivity contribution in [3.63, 3.8) is 0 Å². The summed E-state index contributed by atoms with van der Waals surface area (Å²) in [5, 5.41) is 0. The Hall–Kier alpha value is -0.830. The van der Waals surface area contributed by atoms with Gasteiger partial charge in [-0.15, -0.1) is 0 Å². The first-order valence-electron chi connectivity index (χ1n) is 11.5. The minimum atomic E-state index is -0.255. The van der Waals surface area contributed by atoms with Gasteiger partial charge in [0.25, 0.3) is 0 Å². The number of hydrogen-bond donors (Lipinski definition) is 0. The topological polar surface area (TPSA) is 26.3 Å². The van der Waals surface area contributed by atoms with Crippen molar-refractivity contribution in [1.29, 1.82) is 0 Å². The molecule has 3 nitrogen and oxygen atoms in total. The lowest BCUT2D eigenvalue weighted by atomic mass is 10.0. The van der Waals surface area contributed by atoms with Crippen LogP contribution < -0.4 is 0 Å². The van der Waals surface area contributed by atoms with Gasteiger partial charge in [0.2, 0.25) is 0 Å². The number of ether oxygens (including phenoxy) is 1. The van der Waals surface area contributed by atoms with Crippen LogP contribution in [0.5, 0.6) is 0 Å². The lowest BCUT2D eigenvalue weighted by Crippen LogP contribution is -2.35. The average molecular weight is 383 g/mol. The van der Waals surface area contributed by atoms with Crippen molar-refractivity contribution in [3.8, 4) is 0 Å². The smallest absolute Gasteiger partial charge is 0.333 e. The molecule has 0 aromatic heterocycles. The molecular weight excluding hydrogens is 334 g/mol. The minimum absolute atomic E-state index is 0.255. The van der Waals surface area contributed by atoms with Gasteiger partial charge in [-0.3, -0.25) is 0 Å². The lowest BCUT2D eigenvalue weighted by molar-refractivity contribution is -0.870. The third-order valence-electron chi connectivity index (χ3n) is 5.05. The van der Waals surface area contributed by atoms with Gasteiger partial charge in [0.1, 0.15) is 0 Å². The molecule has 0 bridgehead atoms. The molecule has 0 atom stereocenters. The molecule has 0 spiro atoms. The van der Waals surface area contributed by atoms with Crippen LogP contribution >= 0.6 is 0 Å². The van der Waals surface area contributed by atoms with Crippen molar-refractivity contribution < 1.29 is 14.0 Å². The highest BCUT2D eigenvalue weighted by Crippen LogP contribution is 2.13.